The van der Waals surface area contributed by atoms with E-state index in [-0.39, 0.29) is 11.0 Å². The minimum Gasteiger partial charge on any atom is -0.295 e. The Bertz CT molecular complexity index is 505. The van der Waals surface area contributed by atoms with Crippen molar-refractivity contribution in [3.8, 4) is 0 Å². The Morgan fingerprint density at radius 1 is 1.00 bits per heavy atom. The lowest BCUT2D eigenvalue weighted by molar-refractivity contribution is -0.0454. The maximum atomic E-state index is 6.48. The van der Waals surface area contributed by atoms with Crippen LogP contribution in [0.3, 0.4) is 0 Å². The van der Waals surface area contributed by atoms with Gasteiger partial charge in [-0.25, -0.2) is 0 Å². The standard InChI is InChI=1S/C16H24ClN3/c1-15(2,3)13-18-19-14(17)20(13)16-7-10-4-11(8-16)6-12(5-10)9-16/h10-12H,4-9H2,1-3H3. The van der Waals surface area contributed by atoms with Crippen molar-refractivity contribution in [1.29, 1.82) is 0 Å². The summed E-state index contributed by atoms with van der Waals surface area (Å²) in [6.07, 6.45) is 8.22. The molecule has 4 heteroatoms. The van der Waals surface area contributed by atoms with E-state index in [0.29, 0.717) is 5.28 Å². The lowest BCUT2D eigenvalue weighted by atomic mass is 9.53. The normalized spacial score (nSPS) is 39.5. The molecule has 4 aliphatic rings. The number of nitrogens with zero attached hydrogens (tertiary/aromatic N) is 3. The van der Waals surface area contributed by atoms with Gasteiger partial charge in [0, 0.05) is 11.0 Å². The third-order valence-corrected chi connectivity index (χ3v) is 6.02. The molecule has 4 fully saturated rings. The zero-order valence-electron chi connectivity index (χ0n) is 12.7. The molecule has 3 nitrogen and oxygen atoms in total. The van der Waals surface area contributed by atoms with Gasteiger partial charge in [-0.3, -0.25) is 4.57 Å². The molecule has 0 amide bonds. The first kappa shape index (κ1) is 13.1. The second-order valence-corrected chi connectivity index (χ2v) is 8.86. The highest BCUT2D eigenvalue weighted by atomic mass is 35.5. The molecule has 4 aliphatic carbocycles. The summed E-state index contributed by atoms with van der Waals surface area (Å²) in [4.78, 5) is 0. The number of hydrogen-bond donors (Lipinski definition) is 0. The summed E-state index contributed by atoms with van der Waals surface area (Å²) in [6.45, 7) is 6.64. The first-order valence-corrected chi connectivity index (χ1v) is 8.37. The fourth-order valence-corrected chi connectivity index (χ4v) is 5.81. The number of aromatic nitrogens is 3. The SMILES string of the molecule is CC(C)(C)c1nnc(Cl)n1C12CC3CC(CC(C3)C1)C2. The van der Waals surface area contributed by atoms with Crippen LogP contribution in [0.1, 0.15) is 65.1 Å². The predicted octanol–water partition coefficient (Wildman–Crippen LogP) is 4.15. The van der Waals surface area contributed by atoms with E-state index in [4.69, 9.17) is 11.6 Å². The van der Waals surface area contributed by atoms with Gasteiger partial charge in [0.25, 0.3) is 0 Å². The third kappa shape index (κ3) is 1.78. The van der Waals surface area contributed by atoms with Crippen molar-refractivity contribution in [2.45, 2.75) is 70.3 Å². The summed E-state index contributed by atoms with van der Waals surface area (Å²) >= 11 is 6.48. The average Bonchev–Trinajstić information content (AvgIpc) is 2.69. The van der Waals surface area contributed by atoms with Crippen LogP contribution in [-0.2, 0) is 11.0 Å². The van der Waals surface area contributed by atoms with Gasteiger partial charge < -0.3 is 0 Å². The summed E-state index contributed by atoms with van der Waals surface area (Å²) in [5.74, 6) is 3.80. The van der Waals surface area contributed by atoms with Crippen LogP contribution >= 0.6 is 11.6 Å². The monoisotopic (exact) mass is 293 g/mol. The van der Waals surface area contributed by atoms with Crippen LogP contribution < -0.4 is 0 Å². The topological polar surface area (TPSA) is 30.7 Å². The van der Waals surface area contributed by atoms with E-state index in [2.05, 4.69) is 35.5 Å². The minimum atomic E-state index is 0.00344. The Hall–Kier alpha value is -0.570. The maximum absolute atomic E-state index is 6.48. The Morgan fingerprint density at radius 2 is 1.50 bits per heavy atom. The first-order valence-electron chi connectivity index (χ1n) is 7.99. The molecule has 4 bridgehead atoms. The largest absolute Gasteiger partial charge is 0.295 e. The molecule has 0 spiro atoms. The second-order valence-electron chi connectivity index (χ2n) is 8.52. The molecule has 0 aromatic carbocycles. The summed E-state index contributed by atoms with van der Waals surface area (Å²) in [6, 6.07) is 0. The van der Waals surface area contributed by atoms with E-state index >= 15 is 0 Å². The molecule has 0 saturated heterocycles. The lowest BCUT2D eigenvalue weighted by Crippen LogP contribution is -2.53. The molecule has 1 aromatic heterocycles. The van der Waals surface area contributed by atoms with Gasteiger partial charge in [0.15, 0.2) is 0 Å². The molecule has 1 aromatic rings. The number of hydrogen-bond acceptors (Lipinski definition) is 2. The van der Waals surface area contributed by atoms with Crippen LogP contribution in [0.25, 0.3) is 0 Å². The molecule has 110 valence electrons. The maximum Gasteiger partial charge on any atom is 0.225 e. The summed E-state index contributed by atoms with van der Waals surface area (Å²) < 4.78 is 2.33. The van der Waals surface area contributed by atoms with Crippen molar-refractivity contribution in [3.63, 3.8) is 0 Å². The molecule has 1 heterocycles. The zero-order chi connectivity index (χ0) is 14.1. The molecule has 0 radical (unpaired) electrons. The molecular weight excluding hydrogens is 270 g/mol. The Morgan fingerprint density at radius 3 is 1.95 bits per heavy atom. The van der Waals surface area contributed by atoms with Gasteiger partial charge in [-0.2, -0.15) is 0 Å². The fraction of sp³-hybridized carbons (Fsp3) is 0.875. The first-order chi connectivity index (χ1) is 9.37. The quantitative estimate of drug-likeness (QED) is 0.778. The Labute approximate surface area is 126 Å². The van der Waals surface area contributed by atoms with Crippen molar-refractivity contribution < 1.29 is 0 Å². The lowest BCUT2D eigenvalue weighted by Gasteiger charge is -2.57. The van der Waals surface area contributed by atoms with Gasteiger partial charge >= 0.3 is 0 Å². The van der Waals surface area contributed by atoms with Crippen molar-refractivity contribution in [2.75, 3.05) is 0 Å². The van der Waals surface area contributed by atoms with Crippen molar-refractivity contribution in [3.05, 3.63) is 11.1 Å². The summed E-state index contributed by atoms with van der Waals surface area (Å²) in [5.41, 5.74) is 0.224. The van der Waals surface area contributed by atoms with E-state index in [1.165, 1.54) is 38.5 Å². The Kier molecular flexibility index (Phi) is 2.62. The van der Waals surface area contributed by atoms with Gasteiger partial charge in [0.05, 0.1) is 0 Å². The highest BCUT2D eigenvalue weighted by Crippen LogP contribution is 2.59. The van der Waals surface area contributed by atoms with Crippen LogP contribution in [0.4, 0.5) is 0 Å². The van der Waals surface area contributed by atoms with Gasteiger partial charge in [-0.1, -0.05) is 20.8 Å². The highest BCUT2D eigenvalue weighted by Gasteiger charge is 2.53. The fourth-order valence-electron chi connectivity index (χ4n) is 5.51. The van der Waals surface area contributed by atoms with Crippen molar-refractivity contribution in [2.24, 2.45) is 17.8 Å². The third-order valence-electron chi connectivity index (χ3n) is 5.77. The molecule has 0 atom stereocenters. The molecule has 4 saturated carbocycles. The zero-order valence-corrected chi connectivity index (χ0v) is 13.5. The predicted molar refractivity (Wildman–Crippen MR) is 79.9 cm³/mol. The van der Waals surface area contributed by atoms with E-state index in [1.807, 2.05) is 0 Å². The number of halogens is 1. The van der Waals surface area contributed by atoms with E-state index in [1.54, 1.807) is 0 Å². The second kappa shape index (κ2) is 4.00. The van der Waals surface area contributed by atoms with Crippen LogP contribution in [0, 0.1) is 17.8 Å². The molecule has 20 heavy (non-hydrogen) atoms. The molecule has 0 N–H and O–H groups in total. The number of rotatable bonds is 1. The van der Waals surface area contributed by atoms with E-state index in [9.17, 15) is 0 Å². The van der Waals surface area contributed by atoms with Gasteiger partial charge in [0.2, 0.25) is 5.28 Å². The molecule has 5 rings (SSSR count). The smallest absolute Gasteiger partial charge is 0.225 e. The van der Waals surface area contributed by atoms with Gasteiger partial charge in [-0.15, -0.1) is 10.2 Å². The van der Waals surface area contributed by atoms with Crippen molar-refractivity contribution >= 4 is 11.6 Å². The Balaban J connectivity index is 1.83. The molecule has 0 unspecified atom stereocenters. The van der Waals surface area contributed by atoms with E-state index < -0.39 is 0 Å². The van der Waals surface area contributed by atoms with Crippen LogP contribution in [0.2, 0.25) is 5.28 Å². The average molecular weight is 294 g/mol. The van der Waals surface area contributed by atoms with Gasteiger partial charge in [-0.05, 0) is 67.9 Å². The van der Waals surface area contributed by atoms with Crippen LogP contribution in [0.15, 0.2) is 0 Å². The van der Waals surface area contributed by atoms with Crippen LogP contribution in [-0.4, -0.2) is 14.8 Å². The molecular formula is C16H24ClN3. The molecule has 0 aliphatic heterocycles. The van der Waals surface area contributed by atoms with Crippen molar-refractivity contribution in [1.82, 2.24) is 14.8 Å². The highest BCUT2D eigenvalue weighted by molar-refractivity contribution is 6.28. The van der Waals surface area contributed by atoms with Gasteiger partial charge in [0.1, 0.15) is 5.82 Å². The van der Waals surface area contributed by atoms with Crippen LogP contribution in [0.5, 0.6) is 0 Å². The minimum absolute atomic E-state index is 0.00344. The summed E-state index contributed by atoms with van der Waals surface area (Å²) in [7, 11) is 0. The van der Waals surface area contributed by atoms with E-state index in [0.717, 1.165) is 23.6 Å². The summed E-state index contributed by atoms with van der Waals surface area (Å²) in [5, 5.41) is 9.25.